The molecule has 0 aliphatic carbocycles. The number of hydrogen-bond acceptors (Lipinski definition) is 5. The Morgan fingerprint density at radius 3 is 2.71 bits per heavy atom. The first-order chi connectivity index (χ1) is 6.81. The van der Waals surface area contributed by atoms with Crippen molar-refractivity contribution < 1.29 is 9.47 Å². The van der Waals surface area contributed by atoms with Crippen molar-refractivity contribution in [3.05, 3.63) is 12.0 Å². The van der Waals surface area contributed by atoms with Crippen LogP contribution in [0.3, 0.4) is 0 Å². The van der Waals surface area contributed by atoms with E-state index in [9.17, 15) is 0 Å². The van der Waals surface area contributed by atoms with Gasteiger partial charge in [-0.15, -0.1) is 0 Å². The molecule has 0 aromatic carbocycles. The molecule has 0 saturated carbocycles. The van der Waals surface area contributed by atoms with Gasteiger partial charge >= 0.3 is 0 Å². The van der Waals surface area contributed by atoms with E-state index in [0.717, 1.165) is 18.8 Å². The average Bonchev–Trinajstić information content (AvgIpc) is 2.25. The number of hydrogen-bond donors (Lipinski definition) is 1. The highest BCUT2D eigenvalue weighted by Crippen LogP contribution is 2.21. The Balaban J connectivity index is 2.79. The van der Waals surface area contributed by atoms with E-state index in [1.54, 1.807) is 20.4 Å². The first-order valence-electron chi connectivity index (χ1n) is 4.40. The van der Waals surface area contributed by atoms with Gasteiger partial charge < -0.3 is 14.8 Å². The summed E-state index contributed by atoms with van der Waals surface area (Å²) in [6, 6.07) is 0. The molecule has 0 fully saturated rings. The molecule has 1 aromatic rings. The summed E-state index contributed by atoms with van der Waals surface area (Å²) in [7, 11) is 5.02. The second kappa shape index (κ2) is 5.39. The molecule has 0 aliphatic rings. The second-order valence-electron chi connectivity index (χ2n) is 2.72. The molecule has 78 valence electrons. The van der Waals surface area contributed by atoms with Gasteiger partial charge in [-0.25, -0.2) is 4.98 Å². The smallest absolute Gasteiger partial charge is 0.260 e. The number of likely N-dealkylation sites (N-methyl/N-ethyl adjacent to an activating group) is 1. The molecular formula is C9H15N3O2. The number of methoxy groups -OCH3 is 2. The zero-order chi connectivity index (χ0) is 10.4. The summed E-state index contributed by atoms with van der Waals surface area (Å²) < 4.78 is 10.1. The first kappa shape index (κ1) is 10.7. The lowest BCUT2D eigenvalue weighted by Gasteiger charge is -2.06. The van der Waals surface area contributed by atoms with Gasteiger partial charge in [-0.1, -0.05) is 0 Å². The van der Waals surface area contributed by atoms with Crippen LogP contribution in [-0.4, -0.2) is 37.8 Å². The fourth-order valence-corrected chi connectivity index (χ4v) is 1.03. The molecule has 5 nitrogen and oxygen atoms in total. The lowest BCUT2D eigenvalue weighted by Crippen LogP contribution is -2.12. The minimum atomic E-state index is 0.480. The van der Waals surface area contributed by atoms with Crippen molar-refractivity contribution in [2.75, 3.05) is 27.8 Å². The summed E-state index contributed by atoms with van der Waals surface area (Å²) in [6.45, 7) is 0.843. The molecule has 0 unspecified atom stereocenters. The maximum atomic E-state index is 5.06. The van der Waals surface area contributed by atoms with E-state index < -0.39 is 0 Å². The van der Waals surface area contributed by atoms with E-state index in [0.29, 0.717) is 11.6 Å². The Labute approximate surface area is 83.5 Å². The van der Waals surface area contributed by atoms with Crippen LogP contribution in [0.5, 0.6) is 11.6 Å². The Morgan fingerprint density at radius 2 is 2.14 bits per heavy atom. The SMILES string of the molecule is CNCCc1ncc(OC)c(OC)n1. The minimum absolute atomic E-state index is 0.480. The maximum absolute atomic E-state index is 5.06. The van der Waals surface area contributed by atoms with Gasteiger partial charge in [-0.3, -0.25) is 0 Å². The summed E-state index contributed by atoms with van der Waals surface area (Å²) in [5.74, 6) is 1.78. The molecule has 0 saturated heterocycles. The van der Waals surface area contributed by atoms with Gasteiger partial charge in [0.2, 0.25) is 0 Å². The van der Waals surface area contributed by atoms with E-state index in [1.807, 2.05) is 7.05 Å². The van der Waals surface area contributed by atoms with Crippen molar-refractivity contribution in [3.8, 4) is 11.6 Å². The maximum Gasteiger partial charge on any atom is 0.260 e. The average molecular weight is 197 g/mol. The van der Waals surface area contributed by atoms with Crippen LogP contribution in [0.15, 0.2) is 6.20 Å². The molecule has 0 bridgehead atoms. The first-order valence-corrected chi connectivity index (χ1v) is 4.40. The molecule has 0 radical (unpaired) electrons. The van der Waals surface area contributed by atoms with Gasteiger partial charge in [0, 0.05) is 13.0 Å². The summed E-state index contributed by atoms with van der Waals surface area (Å²) >= 11 is 0. The number of rotatable bonds is 5. The standard InChI is InChI=1S/C9H15N3O2/c1-10-5-4-8-11-6-7(13-2)9(12-8)14-3/h6,10H,4-5H2,1-3H3. The molecule has 1 aromatic heterocycles. The Hall–Kier alpha value is -1.36. The highest BCUT2D eigenvalue weighted by Gasteiger charge is 2.06. The van der Waals surface area contributed by atoms with E-state index >= 15 is 0 Å². The van der Waals surface area contributed by atoms with Crippen LogP contribution in [0, 0.1) is 0 Å². The highest BCUT2D eigenvalue weighted by atomic mass is 16.5. The van der Waals surface area contributed by atoms with Gasteiger partial charge in [0.1, 0.15) is 5.82 Å². The van der Waals surface area contributed by atoms with Crippen molar-refractivity contribution in [3.63, 3.8) is 0 Å². The lowest BCUT2D eigenvalue weighted by atomic mass is 10.4. The Morgan fingerprint density at radius 1 is 1.36 bits per heavy atom. The zero-order valence-electron chi connectivity index (χ0n) is 8.70. The third kappa shape index (κ3) is 2.56. The van der Waals surface area contributed by atoms with Crippen LogP contribution in [0.25, 0.3) is 0 Å². The van der Waals surface area contributed by atoms with Gasteiger partial charge in [-0.2, -0.15) is 4.98 Å². The predicted octanol–water partition coefficient (Wildman–Crippen LogP) is 0.256. The van der Waals surface area contributed by atoms with Crippen LogP contribution in [0.1, 0.15) is 5.82 Å². The van der Waals surface area contributed by atoms with Gasteiger partial charge in [-0.05, 0) is 7.05 Å². The lowest BCUT2D eigenvalue weighted by molar-refractivity contribution is 0.339. The van der Waals surface area contributed by atoms with Crippen LogP contribution >= 0.6 is 0 Å². The molecule has 1 heterocycles. The molecule has 0 spiro atoms. The fourth-order valence-electron chi connectivity index (χ4n) is 1.03. The van der Waals surface area contributed by atoms with E-state index in [1.165, 1.54) is 0 Å². The molecule has 5 heteroatoms. The minimum Gasteiger partial charge on any atom is -0.490 e. The third-order valence-corrected chi connectivity index (χ3v) is 1.78. The predicted molar refractivity (Wildman–Crippen MR) is 52.8 cm³/mol. The fraction of sp³-hybridized carbons (Fsp3) is 0.556. The topological polar surface area (TPSA) is 56.3 Å². The second-order valence-corrected chi connectivity index (χ2v) is 2.72. The van der Waals surface area contributed by atoms with E-state index in [4.69, 9.17) is 9.47 Å². The number of aromatic nitrogens is 2. The largest absolute Gasteiger partial charge is 0.490 e. The number of nitrogens with zero attached hydrogens (tertiary/aromatic N) is 2. The number of ether oxygens (including phenoxy) is 2. The zero-order valence-corrected chi connectivity index (χ0v) is 8.70. The van der Waals surface area contributed by atoms with Crippen molar-refractivity contribution in [2.45, 2.75) is 6.42 Å². The Bertz CT molecular complexity index is 291. The van der Waals surface area contributed by atoms with Crippen molar-refractivity contribution >= 4 is 0 Å². The summed E-state index contributed by atoms with van der Waals surface area (Å²) in [4.78, 5) is 8.34. The van der Waals surface area contributed by atoms with Crippen LogP contribution in [0.4, 0.5) is 0 Å². The summed E-state index contributed by atoms with van der Waals surface area (Å²) in [6.07, 6.45) is 2.40. The number of nitrogens with one attached hydrogen (secondary N) is 1. The van der Waals surface area contributed by atoms with Gasteiger partial charge in [0.15, 0.2) is 5.75 Å². The highest BCUT2D eigenvalue weighted by molar-refractivity contribution is 5.30. The van der Waals surface area contributed by atoms with E-state index in [-0.39, 0.29) is 0 Å². The molecule has 0 atom stereocenters. The molecule has 0 amide bonds. The van der Waals surface area contributed by atoms with Crippen LogP contribution in [0.2, 0.25) is 0 Å². The molecular weight excluding hydrogens is 182 g/mol. The van der Waals surface area contributed by atoms with Crippen molar-refractivity contribution in [1.29, 1.82) is 0 Å². The Kier molecular flexibility index (Phi) is 4.12. The monoisotopic (exact) mass is 197 g/mol. The molecule has 1 N–H and O–H groups in total. The van der Waals surface area contributed by atoms with Crippen LogP contribution < -0.4 is 14.8 Å². The molecule has 14 heavy (non-hydrogen) atoms. The molecule has 0 aliphatic heterocycles. The third-order valence-electron chi connectivity index (χ3n) is 1.78. The summed E-state index contributed by atoms with van der Waals surface area (Å²) in [5.41, 5.74) is 0. The van der Waals surface area contributed by atoms with Gasteiger partial charge in [0.05, 0.1) is 20.4 Å². The van der Waals surface area contributed by atoms with Crippen molar-refractivity contribution in [1.82, 2.24) is 15.3 Å². The quantitative estimate of drug-likeness (QED) is 0.733. The van der Waals surface area contributed by atoms with E-state index in [2.05, 4.69) is 15.3 Å². The normalized spacial score (nSPS) is 9.93. The molecule has 1 rings (SSSR count). The van der Waals surface area contributed by atoms with Gasteiger partial charge in [0.25, 0.3) is 5.88 Å². The van der Waals surface area contributed by atoms with Crippen LogP contribution in [-0.2, 0) is 6.42 Å². The summed E-state index contributed by atoms with van der Waals surface area (Å²) in [5, 5.41) is 3.03. The van der Waals surface area contributed by atoms with Crippen molar-refractivity contribution in [2.24, 2.45) is 0 Å².